The summed E-state index contributed by atoms with van der Waals surface area (Å²) in [6.45, 7) is 3.73. The lowest BCUT2D eigenvalue weighted by Gasteiger charge is -2.16. The first-order valence-corrected chi connectivity index (χ1v) is 15.6. The van der Waals surface area contributed by atoms with Crippen LogP contribution < -0.4 is 19.9 Å². The van der Waals surface area contributed by atoms with Crippen molar-refractivity contribution >= 4 is 22.8 Å². The van der Waals surface area contributed by atoms with Crippen molar-refractivity contribution in [1.29, 1.82) is 0 Å². The smallest absolute Gasteiger partial charge is 0.418 e. The summed E-state index contributed by atoms with van der Waals surface area (Å²) in [5.74, 6) is -0.302. The van der Waals surface area contributed by atoms with Crippen LogP contribution in [0, 0.1) is 5.82 Å². The minimum Gasteiger partial charge on any atom is -0.493 e. The number of fused-ring (bicyclic) bond motifs is 1. The molecule has 1 fully saturated rings. The number of pyridine rings is 1. The fraction of sp³-hybridized carbons (Fsp3) is 0.286. The summed E-state index contributed by atoms with van der Waals surface area (Å²) in [5.41, 5.74) is -2.11. The molecule has 0 atom stereocenters. The molecule has 1 saturated heterocycles. The van der Waals surface area contributed by atoms with Crippen LogP contribution in [0.5, 0.6) is 28.9 Å². The van der Waals surface area contributed by atoms with Crippen LogP contribution in [0.15, 0.2) is 76.6 Å². The Kier molecular flexibility index (Phi) is 9.58. The van der Waals surface area contributed by atoms with Crippen molar-refractivity contribution in [2.24, 2.45) is 12.0 Å². The number of ether oxygens (including phenoxy) is 3. The quantitative estimate of drug-likeness (QED) is 0.0911. The summed E-state index contributed by atoms with van der Waals surface area (Å²) in [4.78, 5) is 23.8. The minimum absolute atomic E-state index is 0.0907. The van der Waals surface area contributed by atoms with Crippen molar-refractivity contribution in [1.82, 2.24) is 19.0 Å². The van der Waals surface area contributed by atoms with Gasteiger partial charge in [0.2, 0.25) is 5.88 Å². The highest BCUT2D eigenvalue weighted by molar-refractivity contribution is 5.88. The van der Waals surface area contributed by atoms with Gasteiger partial charge in [0.1, 0.15) is 11.4 Å². The number of aromatic hydroxyl groups is 1. The molecule has 0 unspecified atom stereocenters. The number of benzene rings is 3. The highest BCUT2D eigenvalue weighted by Crippen LogP contribution is 2.38. The van der Waals surface area contributed by atoms with Gasteiger partial charge in [-0.25, -0.2) is 13.8 Å². The van der Waals surface area contributed by atoms with E-state index < -0.39 is 34.8 Å². The molecule has 0 amide bonds. The molecule has 1 N–H and O–H groups in total. The van der Waals surface area contributed by atoms with Crippen molar-refractivity contribution in [2.45, 2.75) is 25.4 Å². The number of nitrogens with zero attached hydrogens (tertiary/aromatic N) is 5. The molecule has 1 aliphatic heterocycles. The predicted octanol–water partition coefficient (Wildman–Crippen LogP) is 7.00. The number of hydrogen-bond acceptors (Lipinski definition) is 8. The Balaban J connectivity index is 1.20. The maximum absolute atomic E-state index is 15.3. The Hall–Kier alpha value is -5.37. The molecule has 3 heterocycles. The van der Waals surface area contributed by atoms with Crippen LogP contribution in [-0.4, -0.2) is 63.7 Å². The van der Waals surface area contributed by atoms with Crippen LogP contribution in [0.4, 0.5) is 23.2 Å². The molecule has 0 spiro atoms. The van der Waals surface area contributed by atoms with Gasteiger partial charge in [-0.05, 0) is 68.8 Å². The Morgan fingerprint density at radius 1 is 1.00 bits per heavy atom. The normalized spacial score (nSPS) is 13.8. The SMILES string of the molecule is COc1cc2c(Oc3ccc(N=Cc4c(O)n(-c5ccccc5C(F)(F)F)c(=O)n4C)cc3F)ccnc2cc1OCCCN1CCCC1. The summed E-state index contributed by atoms with van der Waals surface area (Å²) in [6.07, 6.45) is 1.17. The van der Waals surface area contributed by atoms with E-state index in [1.807, 2.05) is 0 Å². The molecule has 14 heteroatoms. The number of imidazole rings is 1. The molecule has 10 nitrogen and oxygen atoms in total. The van der Waals surface area contributed by atoms with E-state index in [0.717, 1.165) is 55.0 Å². The number of para-hydroxylation sites is 1. The molecule has 1 aliphatic rings. The first-order valence-electron chi connectivity index (χ1n) is 15.6. The van der Waals surface area contributed by atoms with Crippen LogP contribution in [0.1, 0.15) is 30.5 Å². The van der Waals surface area contributed by atoms with Gasteiger partial charge in [0.25, 0.3) is 0 Å². The lowest BCUT2D eigenvalue weighted by atomic mass is 10.1. The monoisotopic (exact) mass is 679 g/mol. The molecular weight excluding hydrogens is 646 g/mol. The molecule has 0 bridgehead atoms. The molecule has 0 saturated carbocycles. The Bertz CT molecular complexity index is 2070. The zero-order valence-corrected chi connectivity index (χ0v) is 26.7. The fourth-order valence-corrected chi connectivity index (χ4v) is 5.75. The highest BCUT2D eigenvalue weighted by Gasteiger charge is 2.35. The van der Waals surface area contributed by atoms with Crippen LogP contribution in [0.25, 0.3) is 16.6 Å². The number of likely N-dealkylation sites (tertiary alicyclic amines) is 1. The lowest BCUT2D eigenvalue weighted by Crippen LogP contribution is -2.23. The van der Waals surface area contributed by atoms with E-state index in [9.17, 15) is 23.1 Å². The molecular formula is C35H33F4N5O5. The standard InChI is InChI=1S/C35H33F4N5O5/c1-42-28(33(45)44(34(42)46)27-9-4-3-8-24(27)35(37,38)39)21-41-22-10-11-30(25(36)18-22)49-29-12-13-40-26-20-32(31(47-2)19-23(26)29)48-17-7-16-43-14-5-6-15-43/h3-4,8-13,18-21,45H,5-7,14-17H2,1-2H3. The summed E-state index contributed by atoms with van der Waals surface area (Å²) < 4.78 is 75.1. The highest BCUT2D eigenvalue weighted by atomic mass is 19.4. The van der Waals surface area contributed by atoms with Gasteiger partial charge in [0.05, 0.1) is 42.4 Å². The summed E-state index contributed by atoms with van der Waals surface area (Å²) in [6, 6.07) is 13.3. The van der Waals surface area contributed by atoms with Gasteiger partial charge in [0, 0.05) is 37.3 Å². The number of methoxy groups -OCH3 is 1. The summed E-state index contributed by atoms with van der Waals surface area (Å²) >= 11 is 0. The van der Waals surface area contributed by atoms with Crippen molar-refractivity contribution in [3.63, 3.8) is 0 Å². The van der Waals surface area contributed by atoms with E-state index >= 15 is 4.39 Å². The van der Waals surface area contributed by atoms with Crippen molar-refractivity contribution in [3.8, 4) is 34.6 Å². The second-order valence-corrected chi connectivity index (χ2v) is 11.5. The van der Waals surface area contributed by atoms with Gasteiger partial charge in [-0.1, -0.05) is 12.1 Å². The van der Waals surface area contributed by atoms with E-state index in [2.05, 4.69) is 14.9 Å². The Labute approximate surface area is 278 Å². The van der Waals surface area contributed by atoms with Crippen molar-refractivity contribution in [2.75, 3.05) is 33.4 Å². The molecule has 6 rings (SSSR count). The van der Waals surface area contributed by atoms with Crippen LogP contribution in [0.2, 0.25) is 0 Å². The maximum atomic E-state index is 15.3. The number of rotatable bonds is 11. The van der Waals surface area contributed by atoms with E-state index in [-0.39, 0.29) is 17.1 Å². The average molecular weight is 680 g/mol. The first-order chi connectivity index (χ1) is 23.5. The van der Waals surface area contributed by atoms with E-state index in [1.54, 1.807) is 18.2 Å². The molecule has 0 aliphatic carbocycles. The topological polar surface area (TPSA) is 103 Å². The molecule has 2 aromatic heterocycles. The number of halogens is 4. The van der Waals surface area contributed by atoms with Crippen LogP contribution >= 0.6 is 0 Å². The van der Waals surface area contributed by atoms with Crippen LogP contribution in [-0.2, 0) is 13.2 Å². The maximum Gasteiger partial charge on any atom is 0.418 e. The number of hydrogen-bond donors (Lipinski definition) is 1. The lowest BCUT2D eigenvalue weighted by molar-refractivity contribution is -0.137. The largest absolute Gasteiger partial charge is 0.493 e. The predicted molar refractivity (Wildman–Crippen MR) is 175 cm³/mol. The minimum atomic E-state index is -4.77. The Morgan fingerprint density at radius 3 is 2.51 bits per heavy atom. The molecule has 5 aromatic rings. The van der Waals surface area contributed by atoms with Gasteiger partial charge in [-0.2, -0.15) is 13.2 Å². The second-order valence-electron chi connectivity index (χ2n) is 11.5. The van der Waals surface area contributed by atoms with E-state index in [4.69, 9.17) is 14.2 Å². The zero-order valence-electron chi connectivity index (χ0n) is 26.7. The van der Waals surface area contributed by atoms with E-state index in [0.29, 0.717) is 39.3 Å². The zero-order chi connectivity index (χ0) is 34.7. The van der Waals surface area contributed by atoms with Gasteiger partial charge in [0.15, 0.2) is 23.1 Å². The van der Waals surface area contributed by atoms with Gasteiger partial charge >= 0.3 is 11.9 Å². The van der Waals surface area contributed by atoms with Gasteiger partial charge in [-0.15, -0.1) is 0 Å². The third-order valence-corrected chi connectivity index (χ3v) is 8.26. The Morgan fingerprint density at radius 2 is 1.78 bits per heavy atom. The molecule has 0 radical (unpaired) electrons. The second kappa shape index (κ2) is 14.0. The van der Waals surface area contributed by atoms with Gasteiger partial charge < -0.3 is 24.2 Å². The summed E-state index contributed by atoms with van der Waals surface area (Å²) in [7, 11) is 2.80. The number of aromatic nitrogens is 3. The number of aliphatic imine (C=N–C) groups is 1. The third kappa shape index (κ3) is 7.09. The van der Waals surface area contributed by atoms with Crippen molar-refractivity contribution < 1.29 is 36.9 Å². The average Bonchev–Trinajstić information content (AvgIpc) is 3.68. The third-order valence-electron chi connectivity index (χ3n) is 8.26. The van der Waals surface area contributed by atoms with Crippen LogP contribution in [0.3, 0.4) is 0 Å². The molecule has 3 aromatic carbocycles. The summed E-state index contributed by atoms with van der Waals surface area (Å²) in [5, 5.41) is 11.3. The molecule has 256 valence electrons. The fourth-order valence-electron chi connectivity index (χ4n) is 5.75. The van der Waals surface area contributed by atoms with E-state index in [1.165, 1.54) is 57.5 Å². The molecule has 49 heavy (non-hydrogen) atoms. The van der Waals surface area contributed by atoms with Crippen molar-refractivity contribution in [3.05, 3.63) is 94.4 Å². The van der Waals surface area contributed by atoms with Gasteiger partial charge in [-0.3, -0.25) is 14.5 Å². The first kappa shape index (κ1) is 33.5. The number of alkyl halides is 3.